The molecule has 1 saturated carbocycles. The summed E-state index contributed by atoms with van der Waals surface area (Å²) in [5, 5.41) is 3.25. The molecule has 1 aromatic heterocycles. The number of aryl methyl sites for hydroxylation is 1. The molecule has 8 nitrogen and oxygen atoms in total. The molecule has 2 aromatic carbocycles. The minimum absolute atomic E-state index is 0.0741. The Kier molecular flexibility index (Phi) is 8.05. The van der Waals surface area contributed by atoms with Crippen LogP contribution < -0.4 is 10.8 Å². The number of aromatic nitrogens is 1. The Hall–Kier alpha value is -2.54. The number of carbonyl (C=O) groups excluding carboxylic acids is 1. The molecular weight excluding hydrogens is 579 g/mol. The summed E-state index contributed by atoms with van der Waals surface area (Å²) in [6.45, 7) is 2.59. The number of hydrogen-bond acceptors (Lipinski definition) is 6. The van der Waals surface area contributed by atoms with Crippen molar-refractivity contribution in [3.05, 3.63) is 81.2 Å². The molecule has 184 valence electrons. The lowest BCUT2D eigenvalue weighted by Gasteiger charge is -2.19. The number of sulfonamides is 1. The SMILES string of the molecule is Cc1cc(I)ccc1Nc1cc(S(=O)(=O)N(C)Cc2cccnc2)ccc1C(=O)NOCC1CC1. The third-order valence-electron chi connectivity index (χ3n) is 5.71. The second-order valence-electron chi connectivity index (χ2n) is 8.60. The highest BCUT2D eigenvalue weighted by Crippen LogP contribution is 2.30. The fourth-order valence-electron chi connectivity index (χ4n) is 3.48. The number of nitrogens with zero attached hydrogens (tertiary/aromatic N) is 2. The molecule has 10 heteroatoms. The first-order valence-electron chi connectivity index (χ1n) is 11.2. The third-order valence-corrected chi connectivity index (χ3v) is 8.18. The number of halogens is 1. The van der Waals surface area contributed by atoms with Crippen LogP contribution in [0.25, 0.3) is 0 Å². The van der Waals surface area contributed by atoms with E-state index in [0.29, 0.717) is 18.2 Å². The lowest BCUT2D eigenvalue weighted by Crippen LogP contribution is -2.28. The van der Waals surface area contributed by atoms with Crippen LogP contribution in [0.5, 0.6) is 0 Å². The molecule has 0 bridgehead atoms. The van der Waals surface area contributed by atoms with Gasteiger partial charge in [0.1, 0.15) is 0 Å². The van der Waals surface area contributed by atoms with E-state index in [1.807, 2.05) is 31.2 Å². The van der Waals surface area contributed by atoms with Gasteiger partial charge in [0, 0.05) is 35.2 Å². The number of benzene rings is 2. The van der Waals surface area contributed by atoms with E-state index in [1.165, 1.54) is 29.6 Å². The van der Waals surface area contributed by atoms with Crippen LogP contribution >= 0.6 is 22.6 Å². The summed E-state index contributed by atoms with van der Waals surface area (Å²) in [7, 11) is -2.31. The van der Waals surface area contributed by atoms with Gasteiger partial charge in [-0.15, -0.1) is 0 Å². The van der Waals surface area contributed by atoms with E-state index in [2.05, 4.69) is 38.4 Å². The van der Waals surface area contributed by atoms with Gasteiger partial charge < -0.3 is 5.32 Å². The van der Waals surface area contributed by atoms with E-state index in [0.717, 1.165) is 33.2 Å². The van der Waals surface area contributed by atoms with Crippen LogP contribution in [0.4, 0.5) is 11.4 Å². The first-order valence-corrected chi connectivity index (χ1v) is 13.7. The van der Waals surface area contributed by atoms with Crippen molar-refractivity contribution in [3.63, 3.8) is 0 Å². The molecule has 3 aromatic rings. The van der Waals surface area contributed by atoms with Gasteiger partial charge in [-0.05, 0) is 102 Å². The van der Waals surface area contributed by atoms with Gasteiger partial charge >= 0.3 is 0 Å². The zero-order valence-corrected chi connectivity index (χ0v) is 22.5. The van der Waals surface area contributed by atoms with Gasteiger partial charge in [-0.3, -0.25) is 14.6 Å². The molecule has 1 heterocycles. The number of amides is 1. The zero-order chi connectivity index (χ0) is 25.0. The molecular formula is C25H27IN4O4S. The minimum Gasteiger partial charge on any atom is -0.355 e. The molecule has 1 fully saturated rings. The molecule has 0 radical (unpaired) electrons. The Morgan fingerprint density at radius 2 is 1.97 bits per heavy atom. The number of rotatable bonds is 10. The summed E-state index contributed by atoms with van der Waals surface area (Å²) in [5.41, 5.74) is 5.66. The molecule has 1 aliphatic rings. The van der Waals surface area contributed by atoms with Gasteiger partial charge in [0.05, 0.1) is 22.8 Å². The fourth-order valence-corrected chi connectivity index (χ4v) is 5.31. The highest BCUT2D eigenvalue weighted by atomic mass is 127. The van der Waals surface area contributed by atoms with Gasteiger partial charge in [-0.1, -0.05) is 6.07 Å². The van der Waals surface area contributed by atoms with Gasteiger partial charge in [0.25, 0.3) is 5.91 Å². The highest BCUT2D eigenvalue weighted by molar-refractivity contribution is 14.1. The number of hydrogen-bond donors (Lipinski definition) is 2. The van der Waals surface area contributed by atoms with Gasteiger partial charge in [0.15, 0.2) is 0 Å². The lowest BCUT2D eigenvalue weighted by molar-refractivity contribution is 0.0271. The number of nitrogens with one attached hydrogen (secondary N) is 2. The van der Waals surface area contributed by atoms with Crippen LogP contribution in [0, 0.1) is 16.4 Å². The fraction of sp³-hybridized carbons (Fsp3) is 0.280. The van der Waals surface area contributed by atoms with Crippen molar-refractivity contribution in [2.75, 3.05) is 19.0 Å². The van der Waals surface area contributed by atoms with E-state index < -0.39 is 15.9 Å². The van der Waals surface area contributed by atoms with E-state index in [9.17, 15) is 13.2 Å². The van der Waals surface area contributed by atoms with Crippen LogP contribution in [-0.2, 0) is 21.4 Å². The van der Waals surface area contributed by atoms with Crippen molar-refractivity contribution >= 4 is 49.9 Å². The molecule has 0 saturated heterocycles. The molecule has 2 N–H and O–H groups in total. The molecule has 0 atom stereocenters. The van der Waals surface area contributed by atoms with E-state index in [4.69, 9.17) is 4.84 Å². The van der Waals surface area contributed by atoms with Crippen LogP contribution in [0.3, 0.4) is 0 Å². The Balaban J connectivity index is 1.63. The van der Waals surface area contributed by atoms with Crippen LogP contribution in [0.1, 0.15) is 34.3 Å². The largest absolute Gasteiger partial charge is 0.355 e. The summed E-state index contributed by atoms with van der Waals surface area (Å²) < 4.78 is 29.0. The topological polar surface area (TPSA) is 101 Å². The van der Waals surface area contributed by atoms with Crippen LogP contribution in [0.2, 0.25) is 0 Å². The predicted molar refractivity (Wildman–Crippen MR) is 143 cm³/mol. The zero-order valence-electron chi connectivity index (χ0n) is 19.5. The second-order valence-corrected chi connectivity index (χ2v) is 11.9. The maximum atomic E-state index is 13.3. The summed E-state index contributed by atoms with van der Waals surface area (Å²) in [4.78, 5) is 22.4. The minimum atomic E-state index is -3.83. The third kappa shape index (κ3) is 6.57. The van der Waals surface area contributed by atoms with E-state index in [1.54, 1.807) is 18.5 Å². The second kappa shape index (κ2) is 11.0. The predicted octanol–water partition coefficient (Wildman–Crippen LogP) is 4.63. The monoisotopic (exact) mass is 606 g/mol. The summed E-state index contributed by atoms with van der Waals surface area (Å²) in [6, 6.07) is 13.9. The van der Waals surface area contributed by atoms with Crippen LogP contribution in [0.15, 0.2) is 65.8 Å². The first kappa shape index (κ1) is 25.5. The average molecular weight is 606 g/mol. The molecule has 0 spiro atoms. The highest BCUT2D eigenvalue weighted by Gasteiger charge is 2.25. The maximum absolute atomic E-state index is 13.3. The van der Waals surface area contributed by atoms with E-state index >= 15 is 0 Å². The molecule has 0 aliphatic heterocycles. The Morgan fingerprint density at radius 1 is 1.17 bits per heavy atom. The molecule has 1 amide bonds. The maximum Gasteiger partial charge on any atom is 0.276 e. The van der Waals surface area contributed by atoms with Crippen molar-refractivity contribution < 1.29 is 18.0 Å². The number of pyridine rings is 1. The van der Waals surface area contributed by atoms with Gasteiger partial charge in [-0.25, -0.2) is 13.9 Å². The van der Waals surface area contributed by atoms with Gasteiger partial charge in [0.2, 0.25) is 10.0 Å². The van der Waals surface area contributed by atoms with Crippen molar-refractivity contribution in [1.82, 2.24) is 14.8 Å². The summed E-state index contributed by atoms with van der Waals surface area (Å²) in [5.74, 6) is 0.0502. The van der Waals surface area contributed by atoms with Crippen molar-refractivity contribution in [2.24, 2.45) is 5.92 Å². The van der Waals surface area contributed by atoms with Gasteiger partial charge in [-0.2, -0.15) is 4.31 Å². The molecule has 1 aliphatic carbocycles. The van der Waals surface area contributed by atoms with Crippen molar-refractivity contribution in [3.8, 4) is 0 Å². The van der Waals surface area contributed by atoms with E-state index in [-0.39, 0.29) is 17.0 Å². The first-order chi connectivity index (χ1) is 16.7. The molecule has 0 unspecified atom stereocenters. The number of hydroxylamine groups is 1. The molecule has 4 rings (SSSR count). The molecule has 35 heavy (non-hydrogen) atoms. The Labute approximate surface area is 219 Å². The number of anilines is 2. The average Bonchev–Trinajstić information content (AvgIpc) is 3.66. The van der Waals surface area contributed by atoms with Crippen LogP contribution in [-0.4, -0.2) is 37.3 Å². The Bertz CT molecular complexity index is 1310. The smallest absolute Gasteiger partial charge is 0.276 e. The summed E-state index contributed by atoms with van der Waals surface area (Å²) in [6.07, 6.45) is 5.48. The van der Waals surface area contributed by atoms with Crippen molar-refractivity contribution in [2.45, 2.75) is 31.2 Å². The normalized spacial score (nSPS) is 13.6. The number of carbonyl (C=O) groups is 1. The standard InChI is InChI=1S/C25H27IN4O4S/c1-17-12-20(26)7-10-23(17)28-24-13-21(8-9-22(24)25(31)29-34-16-18-5-6-18)35(32,33)30(2)15-19-4-3-11-27-14-19/h3-4,7-14,18,28H,5-6,15-16H2,1-2H3,(H,29,31). The quantitative estimate of drug-likeness (QED) is 0.258. The lowest BCUT2D eigenvalue weighted by atomic mass is 10.1. The Morgan fingerprint density at radius 3 is 2.66 bits per heavy atom. The summed E-state index contributed by atoms with van der Waals surface area (Å²) >= 11 is 2.23. The van der Waals surface area contributed by atoms with Crippen molar-refractivity contribution in [1.29, 1.82) is 0 Å².